The van der Waals surface area contributed by atoms with Crippen molar-refractivity contribution in [1.82, 2.24) is 4.98 Å². The van der Waals surface area contributed by atoms with E-state index in [0.717, 1.165) is 8.39 Å². The quantitative estimate of drug-likeness (QED) is 0.762. The van der Waals surface area contributed by atoms with Crippen LogP contribution in [0.25, 0.3) is 10.4 Å². The van der Waals surface area contributed by atoms with Gasteiger partial charge < -0.3 is 0 Å². The third-order valence-electron chi connectivity index (χ3n) is 1.62. The van der Waals surface area contributed by atoms with Crippen LogP contribution in [-0.4, -0.2) is 4.98 Å². The molecule has 0 saturated heterocycles. The topological polar surface area (TPSA) is 12.9 Å². The van der Waals surface area contributed by atoms with Gasteiger partial charge in [-0.25, -0.2) is 4.98 Å². The standard InChI is InChI=1S/C9H5Br2NS/c10-7-4-2-1-3-6(7)8-5-12-9(11)13-8/h1-5H. The van der Waals surface area contributed by atoms with Crippen molar-refractivity contribution in [3.8, 4) is 10.4 Å². The largest absolute Gasteiger partial charge is 0.237 e. The lowest BCUT2D eigenvalue weighted by atomic mass is 10.2. The van der Waals surface area contributed by atoms with Crippen molar-refractivity contribution in [2.45, 2.75) is 0 Å². The van der Waals surface area contributed by atoms with Gasteiger partial charge in [0, 0.05) is 16.2 Å². The first-order chi connectivity index (χ1) is 6.27. The van der Waals surface area contributed by atoms with Crippen LogP contribution in [0.5, 0.6) is 0 Å². The highest BCUT2D eigenvalue weighted by Crippen LogP contribution is 2.33. The van der Waals surface area contributed by atoms with Gasteiger partial charge in [-0.2, -0.15) is 0 Å². The van der Waals surface area contributed by atoms with Crippen molar-refractivity contribution in [1.29, 1.82) is 0 Å². The monoisotopic (exact) mass is 317 g/mol. The fourth-order valence-corrected chi connectivity index (χ4v) is 2.97. The van der Waals surface area contributed by atoms with Gasteiger partial charge in [0.1, 0.15) is 0 Å². The zero-order valence-corrected chi connectivity index (χ0v) is 10.5. The van der Waals surface area contributed by atoms with Crippen LogP contribution in [0.2, 0.25) is 0 Å². The Balaban J connectivity index is 2.52. The smallest absolute Gasteiger partial charge is 0.159 e. The number of aromatic nitrogens is 1. The van der Waals surface area contributed by atoms with Crippen molar-refractivity contribution >= 4 is 43.2 Å². The van der Waals surface area contributed by atoms with E-state index in [0.29, 0.717) is 0 Å². The molecule has 1 aromatic heterocycles. The molecular formula is C9H5Br2NS. The predicted molar refractivity (Wildman–Crippen MR) is 63.0 cm³/mol. The normalized spacial score (nSPS) is 10.3. The molecule has 4 heteroatoms. The Labute approximate surface area is 97.1 Å². The minimum absolute atomic E-state index is 0.915. The minimum Gasteiger partial charge on any atom is -0.237 e. The van der Waals surface area contributed by atoms with Gasteiger partial charge in [-0.3, -0.25) is 0 Å². The Morgan fingerprint density at radius 2 is 1.92 bits per heavy atom. The second-order valence-electron chi connectivity index (χ2n) is 2.46. The summed E-state index contributed by atoms with van der Waals surface area (Å²) in [5.74, 6) is 0. The Bertz CT molecular complexity index is 425. The first kappa shape index (κ1) is 9.37. The molecule has 0 spiro atoms. The van der Waals surface area contributed by atoms with Gasteiger partial charge in [0.15, 0.2) is 3.92 Å². The van der Waals surface area contributed by atoms with Crippen molar-refractivity contribution in [3.63, 3.8) is 0 Å². The summed E-state index contributed by atoms with van der Waals surface area (Å²) < 4.78 is 2.02. The van der Waals surface area contributed by atoms with E-state index >= 15 is 0 Å². The number of benzene rings is 1. The number of thiazole rings is 1. The molecule has 1 nitrogen and oxygen atoms in total. The molecule has 2 aromatic rings. The maximum Gasteiger partial charge on any atom is 0.159 e. The molecule has 0 radical (unpaired) electrons. The summed E-state index contributed by atoms with van der Waals surface area (Å²) in [5.41, 5.74) is 1.19. The predicted octanol–water partition coefficient (Wildman–Crippen LogP) is 4.34. The van der Waals surface area contributed by atoms with E-state index < -0.39 is 0 Å². The molecule has 0 fully saturated rings. The summed E-state index contributed by atoms with van der Waals surface area (Å²) in [6.07, 6.45) is 1.87. The summed E-state index contributed by atoms with van der Waals surface area (Å²) >= 11 is 8.48. The zero-order chi connectivity index (χ0) is 9.26. The average Bonchev–Trinajstić information content (AvgIpc) is 2.53. The average molecular weight is 319 g/mol. The van der Waals surface area contributed by atoms with Gasteiger partial charge in [-0.1, -0.05) is 34.1 Å². The highest BCUT2D eigenvalue weighted by atomic mass is 79.9. The van der Waals surface area contributed by atoms with Gasteiger partial charge in [-0.05, 0) is 22.0 Å². The highest BCUT2D eigenvalue weighted by molar-refractivity contribution is 9.11. The first-order valence-corrected chi connectivity index (χ1v) is 6.04. The lowest BCUT2D eigenvalue weighted by molar-refractivity contribution is 1.38. The Morgan fingerprint density at radius 1 is 1.15 bits per heavy atom. The Morgan fingerprint density at radius 3 is 2.54 bits per heavy atom. The molecule has 0 amide bonds. The van der Waals surface area contributed by atoms with E-state index in [1.54, 1.807) is 11.3 Å². The van der Waals surface area contributed by atoms with Gasteiger partial charge in [0.2, 0.25) is 0 Å². The van der Waals surface area contributed by atoms with E-state index in [9.17, 15) is 0 Å². The molecule has 0 N–H and O–H groups in total. The van der Waals surface area contributed by atoms with E-state index in [-0.39, 0.29) is 0 Å². The molecule has 1 heterocycles. The van der Waals surface area contributed by atoms with Crippen LogP contribution in [0.3, 0.4) is 0 Å². The Kier molecular flexibility index (Phi) is 2.81. The summed E-state index contributed by atoms with van der Waals surface area (Å²) in [6, 6.07) is 8.13. The van der Waals surface area contributed by atoms with E-state index in [1.165, 1.54) is 10.4 Å². The van der Waals surface area contributed by atoms with Gasteiger partial charge in [0.25, 0.3) is 0 Å². The summed E-state index contributed by atoms with van der Waals surface area (Å²) in [7, 11) is 0. The summed E-state index contributed by atoms with van der Waals surface area (Å²) in [5, 5.41) is 0. The molecule has 0 atom stereocenters. The lowest BCUT2D eigenvalue weighted by Crippen LogP contribution is -1.72. The lowest BCUT2D eigenvalue weighted by Gasteiger charge is -1.98. The second kappa shape index (κ2) is 3.90. The molecular weight excluding hydrogens is 314 g/mol. The van der Waals surface area contributed by atoms with E-state index in [4.69, 9.17) is 0 Å². The number of hydrogen-bond donors (Lipinski definition) is 0. The molecule has 13 heavy (non-hydrogen) atoms. The third-order valence-corrected chi connectivity index (χ3v) is 3.82. The van der Waals surface area contributed by atoms with Gasteiger partial charge >= 0.3 is 0 Å². The summed E-state index contributed by atoms with van der Waals surface area (Å²) in [6.45, 7) is 0. The van der Waals surface area contributed by atoms with Crippen LogP contribution in [0.1, 0.15) is 0 Å². The van der Waals surface area contributed by atoms with Crippen LogP contribution in [-0.2, 0) is 0 Å². The number of hydrogen-bond acceptors (Lipinski definition) is 2. The molecule has 0 saturated carbocycles. The minimum atomic E-state index is 0.915. The maximum atomic E-state index is 4.15. The van der Waals surface area contributed by atoms with Crippen LogP contribution in [0.15, 0.2) is 38.9 Å². The van der Waals surface area contributed by atoms with E-state index in [2.05, 4.69) is 42.9 Å². The first-order valence-electron chi connectivity index (χ1n) is 3.63. The number of nitrogens with zero attached hydrogens (tertiary/aromatic N) is 1. The van der Waals surface area contributed by atoms with Crippen molar-refractivity contribution in [2.75, 3.05) is 0 Å². The van der Waals surface area contributed by atoms with Crippen LogP contribution < -0.4 is 0 Å². The van der Waals surface area contributed by atoms with Crippen LogP contribution in [0, 0.1) is 0 Å². The fraction of sp³-hybridized carbons (Fsp3) is 0. The maximum absolute atomic E-state index is 4.15. The van der Waals surface area contributed by atoms with Crippen molar-refractivity contribution in [2.24, 2.45) is 0 Å². The van der Waals surface area contributed by atoms with Gasteiger partial charge in [0.05, 0.1) is 4.88 Å². The molecule has 0 aliphatic rings. The van der Waals surface area contributed by atoms with Crippen LogP contribution >= 0.6 is 43.2 Å². The fourth-order valence-electron chi connectivity index (χ4n) is 1.04. The molecule has 2 rings (SSSR count). The third kappa shape index (κ3) is 2.00. The molecule has 0 aliphatic carbocycles. The highest BCUT2D eigenvalue weighted by Gasteiger charge is 2.04. The SMILES string of the molecule is Brc1ncc(-c2ccccc2Br)s1. The number of halogens is 2. The Hall–Kier alpha value is -0.190. The summed E-state index contributed by atoms with van der Waals surface area (Å²) in [4.78, 5) is 5.31. The van der Waals surface area contributed by atoms with E-state index in [1.807, 2.05) is 24.4 Å². The molecule has 1 aromatic carbocycles. The number of rotatable bonds is 1. The second-order valence-corrected chi connectivity index (χ2v) is 5.62. The van der Waals surface area contributed by atoms with Crippen molar-refractivity contribution < 1.29 is 0 Å². The molecule has 0 unspecified atom stereocenters. The van der Waals surface area contributed by atoms with Crippen molar-refractivity contribution in [3.05, 3.63) is 38.9 Å². The van der Waals surface area contributed by atoms with Crippen LogP contribution in [0.4, 0.5) is 0 Å². The zero-order valence-electron chi connectivity index (χ0n) is 6.50. The van der Waals surface area contributed by atoms with Gasteiger partial charge in [-0.15, -0.1) is 11.3 Å². The molecule has 0 bridgehead atoms. The molecule has 66 valence electrons. The molecule has 0 aliphatic heterocycles.